The Bertz CT molecular complexity index is 823. The van der Waals surface area contributed by atoms with Crippen LogP contribution in [0.5, 0.6) is 0 Å². The second-order valence-corrected chi connectivity index (χ2v) is 8.42. The van der Waals surface area contributed by atoms with Gasteiger partial charge in [0.15, 0.2) is 0 Å². The normalized spacial score (nSPS) is 27.0. The van der Waals surface area contributed by atoms with Gasteiger partial charge in [0.2, 0.25) is 11.8 Å². The van der Waals surface area contributed by atoms with Crippen molar-refractivity contribution in [2.45, 2.75) is 38.4 Å². The Morgan fingerprint density at radius 2 is 2.04 bits per heavy atom. The van der Waals surface area contributed by atoms with E-state index in [0.29, 0.717) is 23.9 Å². The van der Waals surface area contributed by atoms with Crippen molar-refractivity contribution in [3.63, 3.8) is 0 Å². The van der Waals surface area contributed by atoms with Crippen LogP contribution in [-0.2, 0) is 22.7 Å². The zero-order valence-electron chi connectivity index (χ0n) is 15.3. The van der Waals surface area contributed by atoms with Gasteiger partial charge < -0.3 is 10.2 Å². The first-order valence-electron chi connectivity index (χ1n) is 9.73. The fraction of sp³-hybridized carbons (Fsp3) is 0.550. The zero-order valence-corrected chi connectivity index (χ0v) is 15.3. The molecule has 0 radical (unpaired) electrons. The molecule has 7 nitrogen and oxygen atoms in total. The first-order valence-corrected chi connectivity index (χ1v) is 9.73. The Morgan fingerprint density at radius 1 is 1.19 bits per heavy atom. The molecule has 142 valence electrons. The van der Waals surface area contributed by atoms with E-state index in [9.17, 15) is 14.4 Å². The molecule has 3 fully saturated rings. The molecule has 1 atom stereocenters. The molecule has 0 aliphatic carbocycles. The van der Waals surface area contributed by atoms with Gasteiger partial charge in [-0.3, -0.25) is 24.6 Å². The summed E-state index contributed by atoms with van der Waals surface area (Å²) in [7, 11) is 0. The van der Waals surface area contributed by atoms with Crippen LogP contribution in [0.1, 0.15) is 40.7 Å². The summed E-state index contributed by atoms with van der Waals surface area (Å²) in [5, 5.41) is 5.82. The van der Waals surface area contributed by atoms with E-state index in [0.717, 1.165) is 38.3 Å². The second kappa shape index (κ2) is 6.14. The lowest BCUT2D eigenvalue weighted by molar-refractivity contribution is -0.136. The Balaban J connectivity index is 1.32. The van der Waals surface area contributed by atoms with Crippen molar-refractivity contribution in [1.82, 2.24) is 20.4 Å². The minimum Gasteiger partial charge on any atom is -0.322 e. The Kier molecular flexibility index (Phi) is 3.84. The molecule has 0 aromatic heterocycles. The SMILES string of the molecule is O=C1CCC(N2Cc3c(CN4CC5(CCNC5)C4)cccc3C2=O)C(=O)N1. The largest absolute Gasteiger partial charge is 0.322 e. The number of nitrogens with zero attached hydrogens (tertiary/aromatic N) is 2. The van der Waals surface area contributed by atoms with Crippen LogP contribution in [0.2, 0.25) is 0 Å². The number of piperidine rings is 1. The van der Waals surface area contributed by atoms with Crippen molar-refractivity contribution in [1.29, 1.82) is 0 Å². The molecule has 5 rings (SSSR count). The quantitative estimate of drug-likeness (QED) is 0.747. The van der Waals surface area contributed by atoms with Gasteiger partial charge in [0.25, 0.3) is 5.91 Å². The third-order valence-corrected chi connectivity index (χ3v) is 6.52. The van der Waals surface area contributed by atoms with Crippen LogP contribution < -0.4 is 10.6 Å². The van der Waals surface area contributed by atoms with E-state index in [2.05, 4.69) is 21.6 Å². The molecule has 1 unspecified atom stereocenters. The molecule has 7 heteroatoms. The number of fused-ring (bicyclic) bond motifs is 1. The molecule has 1 aromatic carbocycles. The minimum atomic E-state index is -0.549. The second-order valence-electron chi connectivity index (χ2n) is 8.42. The van der Waals surface area contributed by atoms with E-state index in [1.54, 1.807) is 4.90 Å². The highest BCUT2D eigenvalue weighted by Gasteiger charge is 2.45. The van der Waals surface area contributed by atoms with Crippen LogP contribution in [0.15, 0.2) is 18.2 Å². The molecular weight excluding hydrogens is 344 g/mol. The molecule has 3 amide bonds. The molecule has 0 bridgehead atoms. The number of likely N-dealkylation sites (tertiary alicyclic amines) is 1. The van der Waals surface area contributed by atoms with Crippen molar-refractivity contribution in [2.75, 3.05) is 26.2 Å². The number of rotatable bonds is 3. The average Bonchev–Trinajstić information content (AvgIpc) is 3.22. The number of carbonyl (C=O) groups excluding carboxylic acids is 3. The maximum absolute atomic E-state index is 12.9. The van der Waals surface area contributed by atoms with E-state index in [4.69, 9.17) is 0 Å². The fourth-order valence-electron chi connectivity index (χ4n) is 5.12. The Labute approximate surface area is 158 Å². The summed E-state index contributed by atoms with van der Waals surface area (Å²) in [5.74, 6) is -0.706. The number of hydrogen-bond donors (Lipinski definition) is 2. The highest BCUT2D eigenvalue weighted by molar-refractivity contribution is 6.05. The maximum Gasteiger partial charge on any atom is 0.255 e. The van der Waals surface area contributed by atoms with Gasteiger partial charge >= 0.3 is 0 Å². The highest BCUT2D eigenvalue weighted by Crippen LogP contribution is 2.38. The molecule has 4 heterocycles. The third kappa shape index (κ3) is 2.76. The molecule has 4 aliphatic heterocycles. The van der Waals surface area contributed by atoms with E-state index < -0.39 is 6.04 Å². The summed E-state index contributed by atoms with van der Waals surface area (Å²) in [6.45, 7) is 5.74. The van der Waals surface area contributed by atoms with E-state index in [1.807, 2.05) is 12.1 Å². The summed E-state index contributed by atoms with van der Waals surface area (Å²) in [6, 6.07) is 5.34. The summed E-state index contributed by atoms with van der Waals surface area (Å²) < 4.78 is 0. The van der Waals surface area contributed by atoms with Crippen molar-refractivity contribution in [2.24, 2.45) is 5.41 Å². The standard InChI is InChI=1S/C20H24N4O3/c25-17-5-4-16(18(26)22-17)24-9-15-13(2-1-3-14(15)19(24)27)8-23-11-20(12-23)6-7-21-10-20/h1-3,16,21H,4-12H2,(H,22,25,26). The van der Waals surface area contributed by atoms with Crippen LogP contribution >= 0.6 is 0 Å². The Morgan fingerprint density at radius 3 is 2.78 bits per heavy atom. The van der Waals surface area contributed by atoms with Gasteiger partial charge in [0.1, 0.15) is 6.04 Å². The Hall–Kier alpha value is -2.25. The number of hydrogen-bond acceptors (Lipinski definition) is 5. The topological polar surface area (TPSA) is 81.8 Å². The molecule has 3 saturated heterocycles. The van der Waals surface area contributed by atoms with Crippen molar-refractivity contribution >= 4 is 17.7 Å². The predicted molar refractivity (Wildman–Crippen MR) is 97.7 cm³/mol. The molecule has 2 N–H and O–H groups in total. The number of nitrogens with one attached hydrogen (secondary N) is 2. The van der Waals surface area contributed by atoms with E-state index >= 15 is 0 Å². The highest BCUT2D eigenvalue weighted by atomic mass is 16.2. The number of imide groups is 1. The number of amides is 3. The first kappa shape index (κ1) is 16.9. The van der Waals surface area contributed by atoms with Gasteiger partial charge in [-0.15, -0.1) is 0 Å². The van der Waals surface area contributed by atoms with Crippen LogP contribution in [0.4, 0.5) is 0 Å². The number of carbonyl (C=O) groups is 3. The van der Waals surface area contributed by atoms with E-state index in [-0.39, 0.29) is 24.1 Å². The van der Waals surface area contributed by atoms with Gasteiger partial charge in [0, 0.05) is 50.1 Å². The van der Waals surface area contributed by atoms with Gasteiger partial charge in [-0.2, -0.15) is 0 Å². The van der Waals surface area contributed by atoms with Crippen LogP contribution in [-0.4, -0.2) is 59.7 Å². The van der Waals surface area contributed by atoms with Crippen LogP contribution in [0.25, 0.3) is 0 Å². The molecule has 0 saturated carbocycles. The molecule has 1 aromatic rings. The monoisotopic (exact) mass is 368 g/mol. The van der Waals surface area contributed by atoms with Gasteiger partial charge in [0.05, 0.1) is 0 Å². The van der Waals surface area contributed by atoms with Crippen molar-refractivity contribution < 1.29 is 14.4 Å². The number of benzene rings is 1. The molecule has 4 aliphatic rings. The lowest BCUT2D eigenvalue weighted by Crippen LogP contribution is -2.56. The van der Waals surface area contributed by atoms with E-state index in [1.165, 1.54) is 12.0 Å². The average molecular weight is 368 g/mol. The predicted octanol–water partition coefficient (Wildman–Crippen LogP) is 0.243. The van der Waals surface area contributed by atoms with Crippen molar-refractivity contribution in [3.05, 3.63) is 34.9 Å². The third-order valence-electron chi connectivity index (χ3n) is 6.52. The first-order chi connectivity index (χ1) is 13.0. The summed E-state index contributed by atoms with van der Waals surface area (Å²) >= 11 is 0. The summed E-state index contributed by atoms with van der Waals surface area (Å²) in [4.78, 5) is 40.6. The summed E-state index contributed by atoms with van der Waals surface area (Å²) in [5.41, 5.74) is 3.37. The molecule has 1 spiro atoms. The summed E-state index contributed by atoms with van der Waals surface area (Å²) in [6.07, 6.45) is 1.94. The lowest BCUT2D eigenvalue weighted by Gasteiger charge is -2.48. The zero-order chi connectivity index (χ0) is 18.6. The maximum atomic E-state index is 12.9. The fourth-order valence-corrected chi connectivity index (χ4v) is 5.12. The van der Waals surface area contributed by atoms with Crippen LogP contribution in [0.3, 0.4) is 0 Å². The van der Waals surface area contributed by atoms with Crippen LogP contribution in [0, 0.1) is 5.41 Å². The van der Waals surface area contributed by atoms with Gasteiger partial charge in [-0.05, 0) is 36.6 Å². The smallest absolute Gasteiger partial charge is 0.255 e. The lowest BCUT2D eigenvalue weighted by atomic mass is 9.79. The van der Waals surface area contributed by atoms with Crippen molar-refractivity contribution in [3.8, 4) is 0 Å². The molecule has 27 heavy (non-hydrogen) atoms. The molecular formula is C20H24N4O3. The minimum absolute atomic E-state index is 0.0959. The van der Waals surface area contributed by atoms with Gasteiger partial charge in [-0.1, -0.05) is 12.1 Å². The van der Waals surface area contributed by atoms with Gasteiger partial charge in [-0.25, -0.2) is 0 Å².